The van der Waals surface area contributed by atoms with E-state index in [0.29, 0.717) is 18.0 Å². The molecule has 1 heterocycles. The van der Waals surface area contributed by atoms with Crippen LogP contribution in [0.25, 0.3) is 0 Å². The van der Waals surface area contributed by atoms with Crippen LogP contribution in [-0.4, -0.2) is 24.5 Å². The fourth-order valence-electron chi connectivity index (χ4n) is 3.65. The Morgan fingerprint density at radius 2 is 1.86 bits per heavy atom. The Morgan fingerprint density at radius 1 is 1.10 bits per heavy atom. The summed E-state index contributed by atoms with van der Waals surface area (Å²) in [6.07, 6.45) is 0.863. The predicted molar refractivity (Wildman–Crippen MR) is 117 cm³/mol. The van der Waals surface area contributed by atoms with Crippen LogP contribution in [0.1, 0.15) is 56.2 Å². The number of benzene rings is 2. The Hall–Kier alpha value is -2.82. The highest BCUT2D eigenvalue weighted by Crippen LogP contribution is 2.29. The molecule has 0 saturated carbocycles. The van der Waals surface area contributed by atoms with Gasteiger partial charge in [0.2, 0.25) is 5.91 Å². The van der Waals surface area contributed by atoms with Gasteiger partial charge in [0, 0.05) is 24.3 Å². The lowest BCUT2D eigenvalue weighted by atomic mass is 10.0. The summed E-state index contributed by atoms with van der Waals surface area (Å²) in [4.78, 5) is 26.5. The van der Waals surface area contributed by atoms with Gasteiger partial charge in [-0.2, -0.15) is 0 Å². The fraction of sp³-hybridized carbons (Fsp3) is 0.417. The van der Waals surface area contributed by atoms with E-state index in [1.54, 1.807) is 6.92 Å². The minimum absolute atomic E-state index is 0.158. The molecule has 1 saturated heterocycles. The second-order valence-corrected chi connectivity index (χ2v) is 8.10. The van der Waals surface area contributed by atoms with Crippen molar-refractivity contribution in [3.8, 4) is 5.75 Å². The number of nitrogens with zero attached hydrogens (tertiary/aromatic N) is 1. The molecule has 1 fully saturated rings. The van der Waals surface area contributed by atoms with Gasteiger partial charge in [-0.05, 0) is 74.1 Å². The summed E-state index contributed by atoms with van der Waals surface area (Å²) in [5.41, 5.74) is 4.76. The number of amides is 2. The average Bonchev–Trinajstić information content (AvgIpc) is 3.07. The maximum atomic E-state index is 12.7. The summed E-state index contributed by atoms with van der Waals surface area (Å²) in [5.74, 6) is 1.02. The van der Waals surface area contributed by atoms with E-state index in [1.165, 1.54) is 0 Å². The van der Waals surface area contributed by atoms with Crippen molar-refractivity contribution < 1.29 is 14.3 Å². The normalized spacial score (nSPS) is 15.0. The van der Waals surface area contributed by atoms with Crippen LogP contribution < -0.4 is 15.0 Å². The minimum Gasteiger partial charge on any atom is -0.481 e. The van der Waals surface area contributed by atoms with E-state index in [9.17, 15) is 9.59 Å². The molecule has 0 spiro atoms. The molecule has 0 unspecified atom stereocenters. The summed E-state index contributed by atoms with van der Waals surface area (Å²) in [6, 6.07) is 11.7. The summed E-state index contributed by atoms with van der Waals surface area (Å²) in [7, 11) is 0. The molecule has 0 radical (unpaired) electrons. The van der Waals surface area contributed by atoms with Crippen molar-refractivity contribution in [2.75, 3.05) is 16.8 Å². The third-order valence-corrected chi connectivity index (χ3v) is 5.29. The molecule has 2 aromatic carbocycles. The van der Waals surface area contributed by atoms with Crippen molar-refractivity contribution in [1.29, 1.82) is 0 Å². The number of anilines is 2. The molecule has 1 atom stereocenters. The van der Waals surface area contributed by atoms with Crippen LogP contribution in [0.2, 0.25) is 0 Å². The first-order valence-electron chi connectivity index (χ1n) is 10.3. The molecule has 0 bridgehead atoms. The topological polar surface area (TPSA) is 58.6 Å². The summed E-state index contributed by atoms with van der Waals surface area (Å²) in [5, 5.41) is 2.93. The summed E-state index contributed by atoms with van der Waals surface area (Å²) < 4.78 is 6.01. The molecular formula is C24H30N2O3. The summed E-state index contributed by atoms with van der Waals surface area (Å²) >= 11 is 0. The molecule has 2 aromatic rings. The Labute approximate surface area is 173 Å². The van der Waals surface area contributed by atoms with E-state index in [1.807, 2.05) is 43.0 Å². The third kappa shape index (κ3) is 4.78. The molecule has 154 valence electrons. The number of nitrogens with one attached hydrogen (secondary N) is 1. The van der Waals surface area contributed by atoms with Crippen LogP contribution in [-0.2, 0) is 9.59 Å². The van der Waals surface area contributed by atoms with Gasteiger partial charge >= 0.3 is 0 Å². The number of hydrogen-bond acceptors (Lipinski definition) is 3. The van der Waals surface area contributed by atoms with Gasteiger partial charge in [0.1, 0.15) is 5.75 Å². The van der Waals surface area contributed by atoms with E-state index in [4.69, 9.17) is 4.74 Å². The number of rotatable bonds is 6. The molecule has 1 N–H and O–H groups in total. The number of aryl methyl sites for hydroxylation is 2. The maximum Gasteiger partial charge on any atom is 0.265 e. The highest BCUT2D eigenvalue weighted by molar-refractivity contribution is 5.97. The SMILES string of the molecule is Cc1ccc(C(C)C)c(O[C@@H](C)C(=O)Nc2ccc(N3CCCC3=O)c(C)c2)c1. The van der Waals surface area contributed by atoms with Gasteiger partial charge in [-0.15, -0.1) is 0 Å². The number of carbonyl (C=O) groups is 2. The second kappa shape index (κ2) is 8.68. The molecule has 2 amide bonds. The van der Waals surface area contributed by atoms with E-state index >= 15 is 0 Å². The molecule has 1 aliphatic heterocycles. The van der Waals surface area contributed by atoms with Gasteiger partial charge in [-0.3, -0.25) is 9.59 Å². The lowest BCUT2D eigenvalue weighted by Gasteiger charge is -2.21. The molecule has 1 aliphatic rings. The molecule has 5 nitrogen and oxygen atoms in total. The standard InChI is InChI=1S/C24H30N2O3/c1-15(2)20-10-8-16(3)13-22(20)29-18(5)24(28)25-19-9-11-21(17(4)14-19)26-12-6-7-23(26)27/h8-11,13-15,18H,6-7,12H2,1-5H3,(H,25,28)/t18-/m0/s1. The van der Waals surface area contributed by atoms with Gasteiger partial charge in [-0.25, -0.2) is 0 Å². The predicted octanol–water partition coefficient (Wildman–Crippen LogP) is 4.96. The molecule has 5 heteroatoms. The van der Waals surface area contributed by atoms with Crippen molar-refractivity contribution in [2.24, 2.45) is 0 Å². The van der Waals surface area contributed by atoms with Crippen molar-refractivity contribution in [2.45, 2.75) is 59.5 Å². The van der Waals surface area contributed by atoms with E-state index in [2.05, 4.69) is 31.3 Å². The quantitative estimate of drug-likeness (QED) is 0.753. The monoisotopic (exact) mass is 394 g/mol. The Bertz CT molecular complexity index is 920. The molecule has 3 rings (SSSR count). The molecule has 0 aliphatic carbocycles. The Morgan fingerprint density at radius 3 is 2.48 bits per heavy atom. The first kappa shape index (κ1) is 20.9. The summed E-state index contributed by atoms with van der Waals surface area (Å²) in [6.45, 7) is 10.7. The number of ether oxygens (including phenoxy) is 1. The Kier molecular flexibility index (Phi) is 6.26. The van der Waals surface area contributed by atoms with Crippen molar-refractivity contribution in [3.05, 3.63) is 53.1 Å². The van der Waals surface area contributed by atoms with Crippen molar-refractivity contribution in [1.82, 2.24) is 0 Å². The van der Waals surface area contributed by atoms with Crippen LogP contribution in [0.15, 0.2) is 36.4 Å². The maximum absolute atomic E-state index is 12.7. The van der Waals surface area contributed by atoms with Gasteiger partial charge in [0.25, 0.3) is 5.91 Å². The van der Waals surface area contributed by atoms with Crippen molar-refractivity contribution >= 4 is 23.2 Å². The first-order chi connectivity index (χ1) is 13.8. The molecular weight excluding hydrogens is 364 g/mol. The van der Waals surface area contributed by atoms with Crippen LogP contribution >= 0.6 is 0 Å². The van der Waals surface area contributed by atoms with Crippen LogP contribution in [0.4, 0.5) is 11.4 Å². The second-order valence-electron chi connectivity index (χ2n) is 8.10. The van der Waals surface area contributed by atoms with Crippen molar-refractivity contribution in [3.63, 3.8) is 0 Å². The van der Waals surface area contributed by atoms with E-state index in [-0.39, 0.29) is 11.8 Å². The molecule has 0 aromatic heterocycles. The van der Waals surface area contributed by atoms with Crippen LogP contribution in [0, 0.1) is 13.8 Å². The largest absolute Gasteiger partial charge is 0.481 e. The van der Waals surface area contributed by atoms with Gasteiger partial charge in [0.05, 0.1) is 0 Å². The zero-order chi connectivity index (χ0) is 21.1. The first-order valence-corrected chi connectivity index (χ1v) is 10.3. The number of hydrogen-bond donors (Lipinski definition) is 1. The highest BCUT2D eigenvalue weighted by atomic mass is 16.5. The smallest absolute Gasteiger partial charge is 0.265 e. The minimum atomic E-state index is -0.630. The zero-order valence-corrected chi connectivity index (χ0v) is 17.9. The van der Waals surface area contributed by atoms with Gasteiger partial charge < -0.3 is 15.0 Å². The van der Waals surface area contributed by atoms with Gasteiger partial charge in [0.15, 0.2) is 6.10 Å². The lowest BCUT2D eigenvalue weighted by molar-refractivity contribution is -0.122. The van der Waals surface area contributed by atoms with E-state index in [0.717, 1.165) is 41.1 Å². The van der Waals surface area contributed by atoms with E-state index < -0.39 is 6.10 Å². The highest BCUT2D eigenvalue weighted by Gasteiger charge is 2.23. The van der Waals surface area contributed by atoms with Gasteiger partial charge in [-0.1, -0.05) is 26.0 Å². The number of carbonyl (C=O) groups excluding carboxylic acids is 2. The third-order valence-electron chi connectivity index (χ3n) is 5.29. The van der Waals surface area contributed by atoms with Crippen LogP contribution in [0.3, 0.4) is 0 Å². The lowest BCUT2D eigenvalue weighted by Crippen LogP contribution is -2.30. The molecule has 29 heavy (non-hydrogen) atoms. The zero-order valence-electron chi connectivity index (χ0n) is 17.9. The average molecular weight is 395 g/mol. The fourth-order valence-corrected chi connectivity index (χ4v) is 3.65. The van der Waals surface area contributed by atoms with Crippen LogP contribution in [0.5, 0.6) is 5.75 Å². The Balaban J connectivity index is 1.69.